The lowest BCUT2D eigenvalue weighted by atomic mass is 9.53. The molecule has 2 saturated heterocycles. The summed E-state index contributed by atoms with van der Waals surface area (Å²) in [6.07, 6.45) is 12.3. The van der Waals surface area contributed by atoms with Gasteiger partial charge in [0.25, 0.3) is 0 Å². The minimum absolute atomic E-state index is 0.0243. The van der Waals surface area contributed by atoms with Gasteiger partial charge in [0.05, 0.1) is 25.9 Å². The van der Waals surface area contributed by atoms with Crippen molar-refractivity contribution in [2.45, 2.75) is 127 Å². The van der Waals surface area contributed by atoms with Crippen LogP contribution in [0.3, 0.4) is 0 Å². The first-order valence-electron chi connectivity index (χ1n) is 16.9. The average molecular weight is 592 g/mol. The van der Waals surface area contributed by atoms with Crippen LogP contribution in [0.5, 0.6) is 5.75 Å². The van der Waals surface area contributed by atoms with Crippen LogP contribution in [0.15, 0.2) is 35.9 Å². The Hall–Kier alpha value is -2.22. The molecule has 1 aromatic carbocycles. The number of epoxide rings is 1. The highest BCUT2D eigenvalue weighted by atomic mass is 16.7. The summed E-state index contributed by atoms with van der Waals surface area (Å²) in [6.45, 7) is 9.85. The third kappa shape index (κ3) is 4.54. The van der Waals surface area contributed by atoms with E-state index in [0.717, 1.165) is 75.5 Å². The van der Waals surface area contributed by atoms with Crippen LogP contribution < -0.4 is 4.74 Å². The molecule has 1 spiro atoms. The van der Waals surface area contributed by atoms with Crippen LogP contribution in [-0.2, 0) is 23.8 Å². The molecule has 3 saturated carbocycles. The molecule has 5 unspecified atom stereocenters. The summed E-state index contributed by atoms with van der Waals surface area (Å²) < 4.78 is 25.4. The van der Waals surface area contributed by atoms with Gasteiger partial charge in [0.1, 0.15) is 22.7 Å². The van der Waals surface area contributed by atoms with E-state index in [4.69, 9.17) is 18.9 Å². The van der Waals surface area contributed by atoms with Gasteiger partial charge in [-0.25, -0.2) is 0 Å². The Labute approximate surface area is 256 Å². The van der Waals surface area contributed by atoms with E-state index in [1.54, 1.807) is 6.92 Å². The van der Waals surface area contributed by atoms with Crippen molar-refractivity contribution < 1.29 is 28.5 Å². The lowest BCUT2D eigenvalue weighted by Crippen LogP contribution is -2.52. The fraction of sp³-hybridized carbons (Fsp3) is 0.722. The number of hydrogen-bond donors (Lipinski definition) is 0. The molecule has 0 N–H and O–H groups in total. The summed E-state index contributed by atoms with van der Waals surface area (Å²) >= 11 is 0. The number of ether oxygens (including phenoxy) is 4. The number of fused-ring (bicyclic) bond motifs is 3. The second-order valence-electron chi connectivity index (χ2n) is 14.4. The number of carbonyl (C=O) groups excluding carboxylic acids is 2. The second-order valence-corrected chi connectivity index (χ2v) is 14.4. The van der Waals surface area contributed by atoms with E-state index in [0.29, 0.717) is 43.9 Å². The molecule has 2 heterocycles. The Kier molecular flexibility index (Phi) is 7.34. The molecule has 0 aromatic heterocycles. The van der Waals surface area contributed by atoms with Gasteiger partial charge in [-0.3, -0.25) is 9.59 Å². The van der Waals surface area contributed by atoms with Crippen molar-refractivity contribution in [3.8, 4) is 5.75 Å². The molecule has 43 heavy (non-hydrogen) atoms. The number of hydrogen-bond acceptors (Lipinski definition) is 6. The predicted molar refractivity (Wildman–Crippen MR) is 162 cm³/mol. The van der Waals surface area contributed by atoms with Crippen LogP contribution >= 0.6 is 0 Å². The second kappa shape index (κ2) is 10.7. The van der Waals surface area contributed by atoms with Crippen LogP contribution in [0.1, 0.15) is 110 Å². The van der Waals surface area contributed by atoms with Crippen molar-refractivity contribution >= 4 is 11.7 Å². The quantitative estimate of drug-likeness (QED) is 0.235. The minimum Gasteiger partial charge on any atom is -0.494 e. The lowest BCUT2D eigenvalue weighted by molar-refractivity contribution is -0.185. The SMILES string of the molecule is CCCC(c1cccc(OCC[C@]23CC=C4C(CCC56CC7(CCC45O6)OCCO7)C2CCC3=O)c1)N(C(C)=O)C(C)C. The third-order valence-corrected chi connectivity index (χ3v) is 12.0. The number of rotatable bonds is 9. The molecule has 7 rings (SSSR count). The largest absolute Gasteiger partial charge is 0.494 e. The van der Waals surface area contributed by atoms with Gasteiger partial charge >= 0.3 is 0 Å². The summed E-state index contributed by atoms with van der Waals surface area (Å²) in [4.78, 5) is 28.1. The molecule has 234 valence electrons. The average Bonchev–Trinajstić information content (AvgIpc) is 3.26. The van der Waals surface area contributed by atoms with E-state index in [1.807, 2.05) is 17.0 Å². The summed E-state index contributed by atoms with van der Waals surface area (Å²) in [5.41, 5.74) is 1.96. The number of ketones is 1. The Morgan fingerprint density at radius 2 is 1.95 bits per heavy atom. The molecule has 1 aromatic rings. The number of allylic oxidation sites excluding steroid dienone is 1. The van der Waals surface area contributed by atoms with Gasteiger partial charge in [-0.15, -0.1) is 0 Å². The van der Waals surface area contributed by atoms with Crippen LogP contribution in [-0.4, -0.2) is 59.4 Å². The number of amides is 1. The van der Waals surface area contributed by atoms with E-state index >= 15 is 0 Å². The van der Waals surface area contributed by atoms with Gasteiger partial charge < -0.3 is 23.8 Å². The van der Waals surface area contributed by atoms with Crippen molar-refractivity contribution in [2.75, 3.05) is 19.8 Å². The van der Waals surface area contributed by atoms with Gasteiger partial charge in [0, 0.05) is 37.6 Å². The molecule has 6 aliphatic rings. The Morgan fingerprint density at radius 3 is 2.70 bits per heavy atom. The summed E-state index contributed by atoms with van der Waals surface area (Å²) in [5.74, 6) is 1.67. The van der Waals surface area contributed by atoms with Gasteiger partial charge in [0.15, 0.2) is 5.79 Å². The zero-order valence-electron chi connectivity index (χ0n) is 26.5. The Bertz CT molecular complexity index is 1300. The first-order valence-corrected chi connectivity index (χ1v) is 16.9. The maximum atomic E-state index is 13.6. The highest BCUT2D eigenvalue weighted by Crippen LogP contribution is 2.73. The summed E-state index contributed by atoms with van der Waals surface area (Å²) in [6, 6.07) is 8.38. The Balaban J connectivity index is 1.06. The molecule has 0 radical (unpaired) electrons. The molecule has 4 aliphatic carbocycles. The van der Waals surface area contributed by atoms with Crippen molar-refractivity contribution in [3.63, 3.8) is 0 Å². The molecule has 6 atom stereocenters. The van der Waals surface area contributed by atoms with Gasteiger partial charge in [-0.05, 0) is 93.9 Å². The van der Waals surface area contributed by atoms with Crippen LogP contribution in [0.25, 0.3) is 0 Å². The van der Waals surface area contributed by atoms with Crippen LogP contribution in [0.2, 0.25) is 0 Å². The molecule has 7 heteroatoms. The molecule has 2 aliphatic heterocycles. The van der Waals surface area contributed by atoms with Gasteiger partial charge in [0.2, 0.25) is 5.91 Å². The molecular formula is C36H49NO6. The van der Waals surface area contributed by atoms with Crippen molar-refractivity contribution in [1.82, 2.24) is 4.90 Å². The van der Waals surface area contributed by atoms with Gasteiger partial charge in [-0.1, -0.05) is 31.6 Å². The first-order chi connectivity index (χ1) is 20.7. The third-order valence-electron chi connectivity index (χ3n) is 12.0. The maximum absolute atomic E-state index is 13.6. The monoisotopic (exact) mass is 591 g/mol. The van der Waals surface area contributed by atoms with Gasteiger partial charge in [-0.2, -0.15) is 0 Å². The number of nitrogens with zero attached hydrogens (tertiary/aromatic N) is 1. The zero-order valence-corrected chi connectivity index (χ0v) is 26.5. The fourth-order valence-electron chi connectivity index (χ4n) is 10.2. The zero-order chi connectivity index (χ0) is 30.0. The Morgan fingerprint density at radius 1 is 1.14 bits per heavy atom. The minimum atomic E-state index is -0.445. The fourth-order valence-corrected chi connectivity index (χ4v) is 10.2. The standard InChI is InChI=1S/C36H49NO6/c1-5-7-31(37(24(2)3)25(4)38)26-8-6-9-27(22-26)40-19-18-33-14-13-30-28(29(33)10-11-32(33)39)12-15-34-23-35(41-20-21-42-35)16-17-36(30,34)43-34/h6,8-9,13,22,24,28-29,31H,5,7,10-12,14-21,23H2,1-4H3/t28?,29?,31?,33-,34?,36?/m1/s1. The summed E-state index contributed by atoms with van der Waals surface area (Å²) in [7, 11) is 0. The van der Waals surface area contributed by atoms with Crippen LogP contribution in [0, 0.1) is 17.3 Å². The molecular weight excluding hydrogens is 542 g/mol. The number of carbonyl (C=O) groups is 2. The van der Waals surface area contributed by atoms with Crippen molar-refractivity contribution in [2.24, 2.45) is 17.3 Å². The van der Waals surface area contributed by atoms with Crippen molar-refractivity contribution in [3.05, 3.63) is 41.5 Å². The first kappa shape index (κ1) is 29.5. The van der Waals surface area contributed by atoms with Crippen molar-refractivity contribution in [1.29, 1.82) is 0 Å². The van der Waals surface area contributed by atoms with Crippen LogP contribution in [0.4, 0.5) is 0 Å². The van der Waals surface area contributed by atoms with E-state index in [-0.39, 0.29) is 34.6 Å². The normalized spacial score (nSPS) is 35.9. The topological polar surface area (TPSA) is 77.6 Å². The van der Waals surface area contributed by atoms with E-state index in [9.17, 15) is 9.59 Å². The van der Waals surface area contributed by atoms with E-state index in [2.05, 4.69) is 39.0 Å². The number of benzene rings is 1. The molecule has 7 nitrogen and oxygen atoms in total. The van der Waals surface area contributed by atoms with E-state index < -0.39 is 5.79 Å². The smallest absolute Gasteiger partial charge is 0.220 e. The molecule has 1 amide bonds. The maximum Gasteiger partial charge on any atom is 0.220 e. The lowest BCUT2D eigenvalue weighted by Gasteiger charge is -2.49. The number of Topliss-reactive ketones (excluding diaryl/α,β-unsaturated/α-hetero) is 1. The molecule has 0 bridgehead atoms. The highest BCUT2D eigenvalue weighted by Gasteiger charge is 2.79. The molecule has 5 fully saturated rings. The predicted octanol–water partition coefficient (Wildman–Crippen LogP) is 6.69. The summed E-state index contributed by atoms with van der Waals surface area (Å²) in [5, 5.41) is 0. The van der Waals surface area contributed by atoms with E-state index in [1.165, 1.54) is 5.57 Å². The highest BCUT2D eigenvalue weighted by molar-refractivity contribution is 5.88.